The summed E-state index contributed by atoms with van der Waals surface area (Å²) in [6.07, 6.45) is 19.9. The van der Waals surface area contributed by atoms with E-state index in [0.717, 1.165) is 6.42 Å². The predicted octanol–water partition coefficient (Wildman–Crippen LogP) is -0.811. The first kappa shape index (κ1) is 20.2. The molecule has 0 unspecified atom stereocenters. The van der Waals surface area contributed by atoms with Crippen molar-refractivity contribution in [2.24, 2.45) is 5.41 Å². The molecule has 0 saturated heterocycles. The van der Waals surface area contributed by atoms with Crippen molar-refractivity contribution in [2.45, 2.75) is 46.0 Å². The van der Waals surface area contributed by atoms with Gasteiger partial charge in [0, 0.05) is 5.41 Å². The van der Waals surface area contributed by atoms with Crippen LogP contribution in [0.2, 0.25) is 0 Å². The van der Waals surface area contributed by atoms with Crippen molar-refractivity contribution in [2.75, 3.05) is 0 Å². The topological polar surface area (TPSA) is 0 Å². The van der Waals surface area contributed by atoms with Gasteiger partial charge in [-0.25, -0.2) is 0 Å². The van der Waals surface area contributed by atoms with Crippen molar-refractivity contribution in [3.05, 3.63) is 47.6 Å². The normalized spacial score (nSPS) is 19.0. The van der Waals surface area contributed by atoms with Crippen LogP contribution in [0.15, 0.2) is 47.6 Å². The average Bonchev–Trinajstić information content (AvgIpc) is 2.68. The van der Waals surface area contributed by atoms with E-state index in [1.807, 2.05) is 0 Å². The Hall–Kier alpha value is 2.23. The maximum absolute atomic E-state index is 2.37. The van der Waals surface area contributed by atoms with Gasteiger partial charge in [-0.05, 0) is 32.1 Å². The molecular weight excluding hydrogens is 270 g/mol. The monoisotopic (exact) mass is 294 g/mol. The summed E-state index contributed by atoms with van der Waals surface area (Å²) in [5, 5.41) is 0. The first-order valence-corrected chi connectivity index (χ1v) is 6.43. The molecule has 0 aromatic rings. The smallest absolute Gasteiger partial charge is 1.00 e. The van der Waals surface area contributed by atoms with Crippen LogP contribution >= 0.6 is 0 Å². The van der Waals surface area contributed by atoms with Crippen LogP contribution in [-0.2, 0) is 0 Å². The second-order valence-corrected chi connectivity index (χ2v) is 5.32. The van der Waals surface area contributed by atoms with Crippen molar-refractivity contribution >= 4 is 0 Å². The van der Waals surface area contributed by atoms with Crippen LogP contribution in [0.1, 0.15) is 48.8 Å². The molecule has 2 aliphatic rings. The van der Waals surface area contributed by atoms with E-state index in [2.05, 4.69) is 50.3 Å². The van der Waals surface area contributed by atoms with Crippen LogP contribution in [0.5, 0.6) is 0 Å². The number of allylic oxidation sites excluding steroid dienone is 8. The summed E-state index contributed by atoms with van der Waals surface area (Å²) in [6.45, 7) is 4.74. The Morgan fingerprint density at radius 1 is 0.944 bits per heavy atom. The van der Waals surface area contributed by atoms with Gasteiger partial charge >= 0.3 is 103 Å². The van der Waals surface area contributed by atoms with Crippen LogP contribution in [0.25, 0.3) is 0 Å². The van der Waals surface area contributed by atoms with E-state index >= 15 is 0 Å². The van der Waals surface area contributed by atoms with Gasteiger partial charge in [-0.15, -0.1) is 0 Å². The molecule has 18 heavy (non-hydrogen) atoms. The van der Waals surface area contributed by atoms with Gasteiger partial charge in [-0.3, -0.25) is 0 Å². The summed E-state index contributed by atoms with van der Waals surface area (Å²) in [6, 6.07) is 0. The zero-order valence-electron chi connectivity index (χ0n) is 14.5. The van der Waals surface area contributed by atoms with Crippen molar-refractivity contribution in [1.82, 2.24) is 0 Å². The quantitative estimate of drug-likeness (QED) is 0.585. The van der Waals surface area contributed by atoms with E-state index < -0.39 is 0 Å². The average molecular weight is 295 g/mol. The molecule has 0 spiro atoms. The molecule has 0 heterocycles. The summed E-state index contributed by atoms with van der Waals surface area (Å²) in [7, 11) is 0. The van der Waals surface area contributed by atoms with Gasteiger partial charge in [0.2, 0.25) is 0 Å². The van der Waals surface area contributed by atoms with Gasteiger partial charge in [-0.1, -0.05) is 61.4 Å². The van der Waals surface area contributed by atoms with E-state index in [9.17, 15) is 0 Å². The summed E-state index contributed by atoms with van der Waals surface area (Å²) in [5.41, 5.74) is 3.40. The van der Waals surface area contributed by atoms with Crippen LogP contribution in [0.3, 0.4) is 0 Å². The fourth-order valence-electron chi connectivity index (χ4n) is 2.58. The van der Waals surface area contributed by atoms with E-state index in [1.165, 1.54) is 25.7 Å². The van der Waals surface area contributed by atoms with Crippen molar-refractivity contribution < 1.29 is 106 Å². The molecule has 0 amide bonds. The van der Waals surface area contributed by atoms with Crippen molar-refractivity contribution in [3.8, 4) is 0 Å². The number of hydrogen-bond acceptors (Lipinski definition) is 0. The number of rotatable bonds is 2. The fraction of sp³-hybridized carbons (Fsp3) is 0.500. The van der Waals surface area contributed by atoms with Crippen LogP contribution in [0, 0.1) is 5.41 Å². The number of hydrogen-bond donors (Lipinski definition) is 0. The molecule has 0 N–H and O–H groups in total. The standard InChI is InChI=1S/C16H22.2K.2H/c1-16(2,15-12-8-9-13-15)14-10-6-4-3-5-7-11-14;;;;/h4,6,8-10,12H,3,5,7,11,13H2,1-2H3;;;;/q;2*+1;2*-1. The van der Waals surface area contributed by atoms with Crippen LogP contribution < -0.4 is 103 Å². The summed E-state index contributed by atoms with van der Waals surface area (Å²) in [5.74, 6) is 0. The molecule has 2 aliphatic carbocycles. The third kappa shape index (κ3) is 5.55. The summed E-state index contributed by atoms with van der Waals surface area (Å²) >= 11 is 0. The maximum atomic E-state index is 2.37. The van der Waals surface area contributed by atoms with Crippen LogP contribution in [-0.4, -0.2) is 0 Å². The minimum Gasteiger partial charge on any atom is -1.00 e. The Bertz CT molecular complexity index is 380. The molecule has 0 bridgehead atoms. The Kier molecular flexibility index (Phi) is 11.3. The van der Waals surface area contributed by atoms with E-state index in [0.29, 0.717) is 0 Å². The van der Waals surface area contributed by atoms with Gasteiger partial charge in [0.05, 0.1) is 0 Å². The Labute approximate surface area is 200 Å². The van der Waals surface area contributed by atoms with Crippen LogP contribution in [0.4, 0.5) is 0 Å². The van der Waals surface area contributed by atoms with Gasteiger partial charge in [0.1, 0.15) is 0 Å². The van der Waals surface area contributed by atoms with E-state index in [-0.39, 0.29) is 111 Å². The third-order valence-electron chi connectivity index (χ3n) is 3.88. The first-order chi connectivity index (χ1) is 7.71. The molecule has 0 aromatic heterocycles. The second-order valence-electron chi connectivity index (χ2n) is 5.32. The minimum absolute atomic E-state index is 0. The van der Waals surface area contributed by atoms with Crippen molar-refractivity contribution in [3.63, 3.8) is 0 Å². The van der Waals surface area contributed by atoms with Crippen molar-refractivity contribution in [1.29, 1.82) is 0 Å². The minimum atomic E-state index is 0. The fourth-order valence-corrected chi connectivity index (χ4v) is 2.58. The summed E-state index contributed by atoms with van der Waals surface area (Å²) < 4.78 is 0. The molecule has 0 nitrogen and oxygen atoms in total. The predicted molar refractivity (Wildman–Crippen MR) is 73.5 cm³/mol. The first-order valence-electron chi connectivity index (χ1n) is 6.43. The second kappa shape index (κ2) is 10.0. The molecule has 0 atom stereocenters. The molecule has 2 heteroatoms. The molecular formula is C16H24K2. The zero-order chi connectivity index (χ0) is 11.4. The molecule has 0 radical (unpaired) electrons. The van der Waals surface area contributed by atoms with Gasteiger partial charge in [0.25, 0.3) is 0 Å². The largest absolute Gasteiger partial charge is 1.00 e. The molecule has 0 aromatic carbocycles. The van der Waals surface area contributed by atoms with E-state index in [4.69, 9.17) is 0 Å². The Morgan fingerprint density at radius 2 is 1.61 bits per heavy atom. The summed E-state index contributed by atoms with van der Waals surface area (Å²) in [4.78, 5) is 0. The zero-order valence-corrected chi connectivity index (χ0v) is 18.7. The van der Waals surface area contributed by atoms with Gasteiger partial charge in [-0.2, -0.15) is 0 Å². The van der Waals surface area contributed by atoms with E-state index in [1.54, 1.807) is 11.1 Å². The third-order valence-corrected chi connectivity index (χ3v) is 3.88. The molecule has 0 aliphatic heterocycles. The van der Waals surface area contributed by atoms with Gasteiger partial charge < -0.3 is 2.85 Å². The molecule has 0 fully saturated rings. The SMILES string of the molecule is CC(C)(C1=CC=CC1)C1=CC=CCCCC1.[H-].[H-].[K+].[K+]. The van der Waals surface area contributed by atoms with Gasteiger partial charge in [0.15, 0.2) is 0 Å². The molecule has 2 rings (SSSR count). The molecule has 0 saturated carbocycles. The maximum Gasteiger partial charge on any atom is 1.00 e. The Balaban J connectivity index is -0.000000722. The molecule has 90 valence electrons. The Morgan fingerprint density at radius 3 is 2.28 bits per heavy atom.